The SMILES string of the molecule is CSc1ccccc1C(=O)N[C@]1(c2ccccc2)CCN(Cc2ccnn2C)C[C@H]1O. The highest BCUT2D eigenvalue weighted by Crippen LogP contribution is 2.35. The van der Waals surface area contributed by atoms with Gasteiger partial charge in [-0.25, -0.2) is 0 Å². The van der Waals surface area contributed by atoms with E-state index in [1.807, 2.05) is 78.6 Å². The number of hydrogen-bond acceptors (Lipinski definition) is 5. The second-order valence-electron chi connectivity index (χ2n) is 7.94. The van der Waals surface area contributed by atoms with E-state index in [2.05, 4.69) is 15.3 Å². The van der Waals surface area contributed by atoms with Crippen LogP contribution in [0.25, 0.3) is 0 Å². The first kappa shape index (κ1) is 21.6. The molecule has 2 N–H and O–H groups in total. The van der Waals surface area contributed by atoms with Crippen molar-refractivity contribution in [2.45, 2.75) is 29.5 Å². The van der Waals surface area contributed by atoms with E-state index in [4.69, 9.17) is 0 Å². The van der Waals surface area contributed by atoms with E-state index in [9.17, 15) is 9.90 Å². The number of carbonyl (C=O) groups is 1. The number of nitrogens with one attached hydrogen (secondary N) is 1. The van der Waals surface area contributed by atoms with Crippen molar-refractivity contribution >= 4 is 17.7 Å². The molecule has 31 heavy (non-hydrogen) atoms. The molecule has 1 fully saturated rings. The fourth-order valence-corrected chi connectivity index (χ4v) is 4.91. The average Bonchev–Trinajstić information content (AvgIpc) is 3.20. The third-order valence-electron chi connectivity index (χ3n) is 6.11. The number of thioether (sulfide) groups is 1. The van der Waals surface area contributed by atoms with Crippen LogP contribution in [0.5, 0.6) is 0 Å². The summed E-state index contributed by atoms with van der Waals surface area (Å²) in [6.07, 6.45) is 3.61. The van der Waals surface area contributed by atoms with Gasteiger partial charge in [0.15, 0.2) is 0 Å². The van der Waals surface area contributed by atoms with Crippen LogP contribution in [0.15, 0.2) is 71.8 Å². The predicted molar refractivity (Wildman–Crippen MR) is 123 cm³/mol. The molecule has 1 aromatic heterocycles. The van der Waals surface area contributed by atoms with Crippen LogP contribution in [0.1, 0.15) is 28.0 Å². The second kappa shape index (κ2) is 9.26. The first-order valence-corrected chi connectivity index (χ1v) is 11.6. The summed E-state index contributed by atoms with van der Waals surface area (Å²) < 4.78 is 1.85. The Morgan fingerprint density at radius 1 is 1.19 bits per heavy atom. The van der Waals surface area contributed by atoms with E-state index < -0.39 is 11.6 Å². The number of carbonyl (C=O) groups excluding carboxylic acids is 1. The molecule has 0 unspecified atom stereocenters. The minimum Gasteiger partial charge on any atom is -0.389 e. The Balaban J connectivity index is 1.61. The molecule has 162 valence electrons. The topological polar surface area (TPSA) is 70.4 Å². The van der Waals surface area contributed by atoms with Gasteiger partial charge < -0.3 is 10.4 Å². The molecule has 3 aromatic rings. The summed E-state index contributed by atoms with van der Waals surface area (Å²) in [7, 11) is 1.92. The minimum absolute atomic E-state index is 0.159. The summed E-state index contributed by atoms with van der Waals surface area (Å²) >= 11 is 1.55. The Hall–Kier alpha value is -2.61. The van der Waals surface area contributed by atoms with Crippen molar-refractivity contribution in [3.63, 3.8) is 0 Å². The Morgan fingerprint density at radius 2 is 1.94 bits per heavy atom. The lowest BCUT2D eigenvalue weighted by molar-refractivity contribution is -0.0187. The van der Waals surface area contributed by atoms with Gasteiger partial charge in [0, 0.05) is 37.8 Å². The molecular weight excluding hydrogens is 408 g/mol. The van der Waals surface area contributed by atoms with Gasteiger partial charge in [0.1, 0.15) is 0 Å². The van der Waals surface area contributed by atoms with Gasteiger partial charge >= 0.3 is 0 Å². The van der Waals surface area contributed by atoms with Crippen molar-refractivity contribution in [2.24, 2.45) is 7.05 Å². The van der Waals surface area contributed by atoms with Crippen LogP contribution in [0.3, 0.4) is 0 Å². The number of β-amino-alcohol motifs (C(OH)–C–C–N with tert-alkyl or cyclic N) is 1. The Bertz CT molecular complexity index is 1040. The van der Waals surface area contributed by atoms with E-state index in [1.54, 1.807) is 18.0 Å². The highest BCUT2D eigenvalue weighted by molar-refractivity contribution is 7.98. The number of benzene rings is 2. The van der Waals surface area contributed by atoms with Gasteiger partial charge in [-0.15, -0.1) is 11.8 Å². The maximum Gasteiger partial charge on any atom is 0.253 e. The molecule has 0 radical (unpaired) electrons. The van der Waals surface area contributed by atoms with Crippen molar-refractivity contribution in [2.75, 3.05) is 19.3 Å². The van der Waals surface area contributed by atoms with Gasteiger partial charge in [0.05, 0.1) is 22.9 Å². The molecular formula is C24H28N4O2S. The maximum absolute atomic E-state index is 13.3. The normalized spacial score (nSPS) is 21.7. The number of rotatable bonds is 6. The monoisotopic (exact) mass is 436 g/mol. The van der Waals surface area contributed by atoms with E-state index in [0.717, 1.165) is 22.7 Å². The lowest BCUT2D eigenvalue weighted by Crippen LogP contribution is -2.61. The zero-order valence-corrected chi connectivity index (χ0v) is 18.7. The molecule has 7 heteroatoms. The average molecular weight is 437 g/mol. The van der Waals surface area contributed by atoms with Gasteiger partial charge in [-0.1, -0.05) is 42.5 Å². The number of aliphatic hydroxyl groups excluding tert-OH is 1. The summed E-state index contributed by atoms with van der Waals surface area (Å²) in [5, 5.41) is 18.8. The van der Waals surface area contributed by atoms with Crippen molar-refractivity contribution in [3.05, 3.63) is 83.7 Å². The van der Waals surface area contributed by atoms with Crippen molar-refractivity contribution in [1.82, 2.24) is 20.0 Å². The number of hydrogen-bond donors (Lipinski definition) is 2. The number of nitrogens with zero attached hydrogens (tertiary/aromatic N) is 3. The molecule has 0 bridgehead atoms. The van der Waals surface area contributed by atoms with Crippen LogP contribution >= 0.6 is 11.8 Å². The lowest BCUT2D eigenvalue weighted by atomic mass is 9.78. The molecule has 0 saturated carbocycles. The molecule has 6 nitrogen and oxygen atoms in total. The van der Waals surface area contributed by atoms with Crippen LogP contribution in [-0.2, 0) is 19.1 Å². The van der Waals surface area contributed by atoms with E-state index in [-0.39, 0.29) is 5.91 Å². The van der Waals surface area contributed by atoms with Gasteiger partial charge in [-0.05, 0) is 36.4 Å². The highest BCUT2D eigenvalue weighted by atomic mass is 32.2. The standard InChI is InChI=1S/C24H28N4O2S/c1-27-19(12-14-25-27)16-28-15-13-24(22(29)17-28,18-8-4-3-5-9-18)26-23(30)20-10-6-7-11-21(20)31-2/h3-12,14,22,29H,13,15-17H2,1-2H3,(H,26,30)/t22-,24+/m1/s1. The second-order valence-corrected chi connectivity index (χ2v) is 8.79. The summed E-state index contributed by atoms with van der Waals surface area (Å²) in [5.41, 5.74) is 1.82. The summed E-state index contributed by atoms with van der Waals surface area (Å²) in [5.74, 6) is -0.159. The van der Waals surface area contributed by atoms with Crippen LogP contribution < -0.4 is 5.32 Å². The number of likely N-dealkylation sites (tertiary alicyclic amines) is 1. The van der Waals surface area contributed by atoms with Crippen LogP contribution in [-0.4, -0.2) is 51.1 Å². The fraction of sp³-hybridized carbons (Fsp3) is 0.333. The lowest BCUT2D eigenvalue weighted by Gasteiger charge is -2.46. The third-order valence-corrected chi connectivity index (χ3v) is 6.90. The predicted octanol–water partition coefficient (Wildman–Crippen LogP) is 3.03. The molecule has 0 aliphatic carbocycles. The molecule has 2 heterocycles. The molecule has 2 aromatic carbocycles. The molecule has 1 saturated heterocycles. The van der Waals surface area contributed by atoms with Gasteiger partial charge in [-0.3, -0.25) is 14.4 Å². The Labute approximate surface area is 187 Å². The molecule has 1 aliphatic heterocycles. The van der Waals surface area contributed by atoms with Crippen molar-refractivity contribution in [3.8, 4) is 0 Å². The first-order valence-electron chi connectivity index (χ1n) is 10.4. The number of amides is 1. The maximum atomic E-state index is 13.3. The van der Waals surface area contributed by atoms with Crippen LogP contribution in [0, 0.1) is 0 Å². The highest BCUT2D eigenvalue weighted by Gasteiger charge is 2.45. The number of aryl methyl sites for hydroxylation is 1. The first-order chi connectivity index (χ1) is 15.0. The summed E-state index contributed by atoms with van der Waals surface area (Å²) in [6, 6.07) is 19.4. The Kier molecular flexibility index (Phi) is 6.46. The molecule has 1 aliphatic rings. The van der Waals surface area contributed by atoms with Crippen molar-refractivity contribution in [1.29, 1.82) is 0 Å². The molecule has 0 spiro atoms. The third kappa shape index (κ3) is 4.39. The van der Waals surface area contributed by atoms with Crippen LogP contribution in [0.4, 0.5) is 0 Å². The van der Waals surface area contributed by atoms with Gasteiger partial charge in [-0.2, -0.15) is 5.10 Å². The van der Waals surface area contributed by atoms with Gasteiger partial charge in [0.25, 0.3) is 5.91 Å². The minimum atomic E-state index is -0.840. The van der Waals surface area contributed by atoms with E-state index >= 15 is 0 Å². The van der Waals surface area contributed by atoms with E-state index in [1.165, 1.54) is 0 Å². The zero-order chi connectivity index (χ0) is 21.8. The zero-order valence-electron chi connectivity index (χ0n) is 17.9. The van der Waals surface area contributed by atoms with Gasteiger partial charge in [0.2, 0.25) is 0 Å². The number of aliphatic hydroxyl groups is 1. The Morgan fingerprint density at radius 3 is 2.61 bits per heavy atom. The molecule has 2 atom stereocenters. The quantitative estimate of drug-likeness (QED) is 0.582. The number of aromatic nitrogens is 2. The molecule has 4 rings (SSSR count). The summed E-state index contributed by atoms with van der Waals surface area (Å²) in [6.45, 7) is 1.92. The largest absolute Gasteiger partial charge is 0.389 e. The summed E-state index contributed by atoms with van der Waals surface area (Å²) in [4.78, 5) is 16.5. The van der Waals surface area contributed by atoms with Crippen LogP contribution in [0.2, 0.25) is 0 Å². The fourth-order valence-electron chi connectivity index (χ4n) is 4.31. The number of piperidine rings is 1. The van der Waals surface area contributed by atoms with E-state index in [0.29, 0.717) is 25.1 Å². The van der Waals surface area contributed by atoms with Crippen molar-refractivity contribution < 1.29 is 9.90 Å². The molecule has 1 amide bonds. The smallest absolute Gasteiger partial charge is 0.253 e.